The third-order valence-corrected chi connectivity index (χ3v) is 2.27. The molecule has 1 aliphatic carbocycles. The summed E-state index contributed by atoms with van der Waals surface area (Å²) in [5.41, 5.74) is 3.62. The molecule has 1 aromatic heterocycles. The van der Waals surface area contributed by atoms with E-state index in [4.69, 9.17) is 0 Å². The van der Waals surface area contributed by atoms with Crippen molar-refractivity contribution in [1.82, 2.24) is 4.98 Å². The predicted molar refractivity (Wildman–Crippen MR) is 55.5 cm³/mol. The van der Waals surface area contributed by atoms with Crippen molar-refractivity contribution in [2.45, 2.75) is 19.8 Å². The van der Waals surface area contributed by atoms with Crippen molar-refractivity contribution in [3.63, 3.8) is 0 Å². The first-order valence-corrected chi connectivity index (χ1v) is 4.72. The Balaban J connectivity index is 2.45. The summed E-state index contributed by atoms with van der Waals surface area (Å²) >= 11 is 0. The van der Waals surface area contributed by atoms with E-state index in [1.54, 1.807) is 0 Å². The molecular weight excluding hydrogens is 158 g/mol. The van der Waals surface area contributed by atoms with Gasteiger partial charge in [-0.05, 0) is 30.5 Å². The minimum atomic E-state index is 0.999. The Morgan fingerprint density at radius 3 is 3.08 bits per heavy atom. The van der Waals surface area contributed by atoms with Gasteiger partial charge in [-0.1, -0.05) is 31.2 Å². The maximum atomic E-state index is 4.56. The van der Waals surface area contributed by atoms with E-state index in [9.17, 15) is 0 Å². The summed E-state index contributed by atoms with van der Waals surface area (Å²) < 4.78 is 0. The summed E-state index contributed by atoms with van der Waals surface area (Å²) in [5, 5.41) is 0. The van der Waals surface area contributed by atoms with E-state index < -0.39 is 0 Å². The van der Waals surface area contributed by atoms with Gasteiger partial charge in [0.1, 0.15) is 0 Å². The van der Waals surface area contributed by atoms with Crippen LogP contribution in [0.15, 0.2) is 30.4 Å². The highest BCUT2D eigenvalue weighted by Gasteiger charge is 2.02. The highest BCUT2D eigenvalue weighted by Crippen LogP contribution is 2.14. The fourth-order valence-corrected chi connectivity index (χ4v) is 1.48. The Hall–Kier alpha value is -1.37. The van der Waals surface area contributed by atoms with Crippen molar-refractivity contribution in [3.8, 4) is 0 Å². The number of hydrogen-bond donors (Lipinski definition) is 0. The highest BCUT2D eigenvalue weighted by atomic mass is 14.7. The van der Waals surface area contributed by atoms with Crippen LogP contribution in [0.4, 0.5) is 0 Å². The summed E-state index contributed by atoms with van der Waals surface area (Å²) in [7, 11) is 0. The van der Waals surface area contributed by atoms with Crippen molar-refractivity contribution in [2.75, 3.05) is 0 Å². The van der Waals surface area contributed by atoms with Gasteiger partial charge in [-0.3, -0.25) is 4.98 Å². The lowest BCUT2D eigenvalue weighted by atomic mass is 10.1. The van der Waals surface area contributed by atoms with E-state index in [-0.39, 0.29) is 0 Å². The normalized spacial score (nSPS) is 13.9. The topological polar surface area (TPSA) is 12.9 Å². The number of pyridine rings is 1. The van der Waals surface area contributed by atoms with E-state index >= 15 is 0 Å². The average Bonchev–Trinajstić information content (AvgIpc) is 2.41. The number of nitrogens with zero attached hydrogens (tertiary/aromatic N) is 1. The standard InChI is InChI=1S/C12H13N/c1-2-11-9-8-10-6-4-3-5-7-12(10)13-11/h3-5,7-9H,2,6H2,1H3. The summed E-state index contributed by atoms with van der Waals surface area (Å²) in [4.78, 5) is 4.56. The SMILES string of the molecule is CCc1ccc2c(n1)C=CC=CC2. The van der Waals surface area contributed by atoms with Gasteiger partial charge in [-0.2, -0.15) is 0 Å². The van der Waals surface area contributed by atoms with Crippen molar-refractivity contribution < 1.29 is 0 Å². The molecule has 0 bridgehead atoms. The second kappa shape index (κ2) is 3.56. The molecule has 0 radical (unpaired) electrons. The molecule has 0 atom stereocenters. The summed E-state index contributed by atoms with van der Waals surface area (Å²) in [6.07, 6.45) is 10.4. The van der Waals surface area contributed by atoms with E-state index in [1.807, 2.05) is 0 Å². The van der Waals surface area contributed by atoms with Crippen molar-refractivity contribution in [1.29, 1.82) is 0 Å². The molecule has 1 heterocycles. The minimum Gasteiger partial charge on any atom is -0.253 e. The fraction of sp³-hybridized carbons (Fsp3) is 0.250. The van der Waals surface area contributed by atoms with Gasteiger partial charge in [0.05, 0.1) is 5.69 Å². The Kier molecular flexibility index (Phi) is 2.26. The first kappa shape index (κ1) is 8.24. The largest absolute Gasteiger partial charge is 0.253 e. The molecule has 0 unspecified atom stereocenters. The molecule has 1 nitrogen and oxygen atoms in total. The van der Waals surface area contributed by atoms with E-state index in [0.717, 1.165) is 18.5 Å². The lowest BCUT2D eigenvalue weighted by molar-refractivity contribution is 1.01. The van der Waals surface area contributed by atoms with Gasteiger partial charge in [0, 0.05) is 5.69 Å². The molecule has 2 rings (SSSR count). The molecule has 1 aliphatic rings. The number of rotatable bonds is 1. The van der Waals surface area contributed by atoms with Crippen LogP contribution in [0.3, 0.4) is 0 Å². The molecule has 0 N–H and O–H groups in total. The molecule has 0 spiro atoms. The molecule has 0 aliphatic heterocycles. The molecule has 0 saturated heterocycles. The molecule has 0 aromatic carbocycles. The first-order chi connectivity index (χ1) is 6.40. The second-order valence-electron chi connectivity index (χ2n) is 3.19. The van der Waals surface area contributed by atoms with Crippen molar-refractivity contribution in [3.05, 3.63) is 47.3 Å². The number of hydrogen-bond acceptors (Lipinski definition) is 1. The minimum absolute atomic E-state index is 0.999. The van der Waals surface area contributed by atoms with Crippen LogP contribution < -0.4 is 0 Å². The van der Waals surface area contributed by atoms with E-state index in [1.165, 1.54) is 11.3 Å². The summed E-state index contributed by atoms with van der Waals surface area (Å²) in [6.45, 7) is 2.13. The lowest BCUT2D eigenvalue weighted by Crippen LogP contribution is -1.94. The monoisotopic (exact) mass is 171 g/mol. The van der Waals surface area contributed by atoms with Gasteiger partial charge in [-0.15, -0.1) is 0 Å². The van der Waals surface area contributed by atoms with Crippen LogP contribution in [-0.4, -0.2) is 4.98 Å². The Morgan fingerprint density at radius 1 is 1.31 bits per heavy atom. The van der Waals surface area contributed by atoms with Gasteiger partial charge >= 0.3 is 0 Å². The molecule has 0 amide bonds. The third-order valence-electron chi connectivity index (χ3n) is 2.27. The molecular formula is C12H13N. The van der Waals surface area contributed by atoms with Crippen LogP contribution in [0.2, 0.25) is 0 Å². The highest BCUT2D eigenvalue weighted by molar-refractivity contribution is 5.53. The second-order valence-corrected chi connectivity index (χ2v) is 3.19. The van der Waals surface area contributed by atoms with Crippen LogP contribution in [0.5, 0.6) is 0 Å². The van der Waals surface area contributed by atoms with Gasteiger partial charge < -0.3 is 0 Å². The van der Waals surface area contributed by atoms with Crippen LogP contribution in [0.1, 0.15) is 23.9 Å². The van der Waals surface area contributed by atoms with Crippen molar-refractivity contribution in [2.24, 2.45) is 0 Å². The average molecular weight is 171 g/mol. The van der Waals surface area contributed by atoms with Crippen molar-refractivity contribution >= 4 is 6.08 Å². The Bertz CT molecular complexity index is 361. The quantitative estimate of drug-likeness (QED) is 0.633. The van der Waals surface area contributed by atoms with Gasteiger partial charge in [0.25, 0.3) is 0 Å². The number of allylic oxidation sites excluding steroid dienone is 3. The molecule has 1 aromatic rings. The van der Waals surface area contributed by atoms with Gasteiger partial charge in [0.2, 0.25) is 0 Å². The zero-order valence-corrected chi connectivity index (χ0v) is 7.83. The number of aryl methyl sites for hydroxylation is 1. The smallest absolute Gasteiger partial charge is 0.0668 e. The maximum Gasteiger partial charge on any atom is 0.0668 e. The van der Waals surface area contributed by atoms with E-state index in [2.05, 4.69) is 48.3 Å². The van der Waals surface area contributed by atoms with E-state index in [0.29, 0.717) is 0 Å². The number of fused-ring (bicyclic) bond motifs is 1. The summed E-state index contributed by atoms with van der Waals surface area (Å²) in [6, 6.07) is 4.30. The Morgan fingerprint density at radius 2 is 2.23 bits per heavy atom. The van der Waals surface area contributed by atoms with Crippen LogP contribution in [0.25, 0.3) is 6.08 Å². The zero-order valence-electron chi connectivity index (χ0n) is 7.83. The molecule has 13 heavy (non-hydrogen) atoms. The fourth-order valence-electron chi connectivity index (χ4n) is 1.48. The zero-order chi connectivity index (χ0) is 9.10. The lowest BCUT2D eigenvalue weighted by Gasteiger charge is -2.03. The molecule has 0 saturated carbocycles. The first-order valence-electron chi connectivity index (χ1n) is 4.72. The van der Waals surface area contributed by atoms with Crippen LogP contribution in [-0.2, 0) is 12.8 Å². The van der Waals surface area contributed by atoms with Crippen LogP contribution in [0, 0.1) is 0 Å². The van der Waals surface area contributed by atoms with Gasteiger partial charge in [0.15, 0.2) is 0 Å². The molecule has 1 heteroatoms. The van der Waals surface area contributed by atoms with Gasteiger partial charge in [-0.25, -0.2) is 0 Å². The Labute approximate surface area is 78.8 Å². The number of aromatic nitrogens is 1. The molecule has 66 valence electrons. The summed E-state index contributed by atoms with van der Waals surface area (Å²) in [5.74, 6) is 0. The predicted octanol–water partition coefficient (Wildman–Crippen LogP) is 2.77. The maximum absolute atomic E-state index is 4.56. The molecule has 0 fully saturated rings. The van der Waals surface area contributed by atoms with Crippen LogP contribution >= 0.6 is 0 Å². The third kappa shape index (κ3) is 1.69.